The first-order valence-electron chi connectivity index (χ1n) is 4.17. The summed E-state index contributed by atoms with van der Waals surface area (Å²) in [6.07, 6.45) is -3.32. The fraction of sp³-hybridized carbons (Fsp3) is 0.111. The van der Waals surface area contributed by atoms with Crippen molar-refractivity contribution in [2.24, 2.45) is 0 Å². The van der Waals surface area contributed by atoms with Gasteiger partial charge in [-0.3, -0.25) is 4.21 Å². The van der Waals surface area contributed by atoms with Gasteiger partial charge in [0, 0.05) is 17.1 Å². The van der Waals surface area contributed by atoms with Crippen LogP contribution in [0.1, 0.15) is 5.56 Å². The van der Waals surface area contributed by atoms with E-state index in [0.717, 1.165) is 18.3 Å². The van der Waals surface area contributed by atoms with Crippen LogP contribution in [0.5, 0.6) is 0 Å². The summed E-state index contributed by atoms with van der Waals surface area (Å²) in [4.78, 5) is 2.42. The Morgan fingerprint density at radius 3 is 2.56 bits per heavy atom. The highest BCUT2D eigenvalue weighted by Crippen LogP contribution is 2.32. The predicted octanol–water partition coefficient (Wildman–Crippen LogP) is 2.42. The molecule has 0 fully saturated rings. The average Bonchev–Trinajstić information content (AvgIpc) is 2.58. The molecule has 0 aliphatic rings. The van der Waals surface area contributed by atoms with Crippen LogP contribution < -0.4 is 0 Å². The summed E-state index contributed by atoms with van der Waals surface area (Å²) in [5.41, 5.74) is -0.515. The second-order valence-corrected chi connectivity index (χ2v) is 4.05. The Balaban J connectivity index is 2.68. The number of H-pyrrole nitrogens is 1. The highest BCUT2D eigenvalue weighted by molar-refractivity contribution is 7.79. The molecule has 2 rings (SSSR count). The van der Waals surface area contributed by atoms with Crippen LogP contribution in [0.25, 0.3) is 10.9 Å². The molecule has 7 heteroatoms. The van der Waals surface area contributed by atoms with Crippen LogP contribution in [0, 0.1) is 0 Å². The molecule has 2 aromatic rings. The Morgan fingerprint density at radius 2 is 2.00 bits per heavy atom. The lowest BCUT2D eigenvalue weighted by atomic mass is 10.1. The maximum Gasteiger partial charge on any atom is 0.416 e. The minimum absolute atomic E-state index is 0.0446. The van der Waals surface area contributed by atoms with Gasteiger partial charge in [-0.1, -0.05) is 0 Å². The van der Waals surface area contributed by atoms with Gasteiger partial charge in [0.15, 0.2) is 0 Å². The smallest absolute Gasteiger partial charge is 0.416 e. The molecule has 16 heavy (non-hydrogen) atoms. The van der Waals surface area contributed by atoms with Crippen molar-refractivity contribution in [1.82, 2.24) is 4.98 Å². The van der Waals surface area contributed by atoms with Crippen LogP contribution in [0.2, 0.25) is 0 Å². The van der Waals surface area contributed by atoms with Gasteiger partial charge in [-0.2, -0.15) is 13.2 Å². The molecule has 1 aromatic carbocycles. The number of nitrogens with one attached hydrogen (secondary N) is 1. The standard InChI is InChI=1S/C9H6F3NO2S/c10-9(11,12)5-1-2-7-6(3-5)8(4-13-7)16(14)15/h1-4,13H,(H,14,15)/p-1. The third-order valence-corrected chi connectivity index (χ3v) is 2.85. The Labute approximate surface area is 90.6 Å². The van der Waals surface area contributed by atoms with E-state index in [-0.39, 0.29) is 10.3 Å². The van der Waals surface area contributed by atoms with Crippen molar-refractivity contribution in [1.29, 1.82) is 0 Å². The lowest BCUT2D eigenvalue weighted by molar-refractivity contribution is -0.137. The molecule has 1 aromatic heterocycles. The SMILES string of the molecule is O=S([O-])c1c[nH]c2ccc(C(F)(F)F)cc12. The third-order valence-electron chi connectivity index (χ3n) is 2.15. The Kier molecular flexibility index (Phi) is 2.51. The lowest BCUT2D eigenvalue weighted by Gasteiger charge is -2.07. The van der Waals surface area contributed by atoms with Gasteiger partial charge in [0.05, 0.1) is 10.5 Å². The van der Waals surface area contributed by atoms with E-state index < -0.39 is 22.8 Å². The van der Waals surface area contributed by atoms with Crippen molar-refractivity contribution in [3.63, 3.8) is 0 Å². The van der Waals surface area contributed by atoms with Crippen molar-refractivity contribution in [2.45, 2.75) is 11.1 Å². The number of rotatable bonds is 1. The molecule has 0 saturated heterocycles. The van der Waals surface area contributed by atoms with E-state index in [0.29, 0.717) is 5.52 Å². The van der Waals surface area contributed by atoms with Gasteiger partial charge in [0.2, 0.25) is 0 Å². The largest absolute Gasteiger partial charge is 0.768 e. The van der Waals surface area contributed by atoms with E-state index in [1.807, 2.05) is 0 Å². The second-order valence-electron chi connectivity index (χ2n) is 3.15. The van der Waals surface area contributed by atoms with E-state index in [1.54, 1.807) is 0 Å². The van der Waals surface area contributed by atoms with Gasteiger partial charge in [-0.05, 0) is 29.3 Å². The summed E-state index contributed by atoms with van der Waals surface area (Å²) in [7, 11) is 0. The van der Waals surface area contributed by atoms with Crippen LogP contribution >= 0.6 is 0 Å². The topological polar surface area (TPSA) is 55.9 Å². The van der Waals surface area contributed by atoms with Gasteiger partial charge in [-0.15, -0.1) is 0 Å². The van der Waals surface area contributed by atoms with Gasteiger partial charge < -0.3 is 9.54 Å². The zero-order chi connectivity index (χ0) is 11.9. The second kappa shape index (κ2) is 3.60. The third kappa shape index (κ3) is 1.83. The van der Waals surface area contributed by atoms with Crippen LogP contribution in [0.15, 0.2) is 29.3 Å². The number of hydrogen-bond donors (Lipinski definition) is 1. The number of halogens is 3. The van der Waals surface area contributed by atoms with Gasteiger partial charge in [0.25, 0.3) is 0 Å². The zero-order valence-electron chi connectivity index (χ0n) is 7.67. The quantitative estimate of drug-likeness (QED) is 0.788. The van der Waals surface area contributed by atoms with Crippen molar-refractivity contribution in [2.75, 3.05) is 0 Å². The molecule has 1 heterocycles. The molecule has 0 aliphatic heterocycles. The summed E-state index contributed by atoms with van der Waals surface area (Å²) in [6.45, 7) is 0. The predicted molar refractivity (Wildman–Crippen MR) is 50.5 cm³/mol. The Bertz CT molecular complexity index is 561. The molecule has 0 aliphatic carbocycles. The molecule has 3 nitrogen and oxygen atoms in total. The summed E-state index contributed by atoms with van der Waals surface area (Å²) in [6, 6.07) is 2.92. The molecule has 1 unspecified atom stereocenters. The van der Waals surface area contributed by atoms with Crippen molar-refractivity contribution < 1.29 is 21.9 Å². The minimum Gasteiger partial charge on any atom is -0.768 e. The normalized spacial score (nSPS) is 14.2. The Hall–Kier alpha value is -1.34. The van der Waals surface area contributed by atoms with Crippen LogP contribution in [-0.4, -0.2) is 13.7 Å². The summed E-state index contributed by atoms with van der Waals surface area (Å²) in [5, 5.41) is 0.0446. The molecule has 1 N–H and O–H groups in total. The molecule has 0 radical (unpaired) electrons. The van der Waals surface area contributed by atoms with E-state index in [9.17, 15) is 21.9 Å². The van der Waals surface area contributed by atoms with Crippen molar-refractivity contribution >= 4 is 22.0 Å². The van der Waals surface area contributed by atoms with Crippen molar-refractivity contribution in [3.05, 3.63) is 30.0 Å². The van der Waals surface area contributed by atoms with Gasteiger partial charge in [-0.25, -0.2) is 0 Å². The van der Waals surface area contributed by atoms with E-state index in [2.05, 4.69) is 4.98 Å². The van der Waals surface area contributed by atoms with E-state index in [1.165, 1.54) is 6.07 Å². The maximum atomic E-state index is 12.4. The molecular formula is C9H5F3NO2S-. The highest BCUT2D eigenvalue weighted by atomic mass is 32.2. The first-order valence-corrected chi connectivity index (χ1v) is 5.24. The number of aromatic nitrogens is 1. The fourth-order valence-electron chi connectivity index (χ4n) is 1.41. The molecule has 86 valence electrons. The first kappa shape index (κ1) is 11.2. The minimum atomic E-state index is -4.48. The van der Waals surface area contributed by atoms with E-state index in [4.69, 9.17) is 0 Å². The highest BCUT2D eigenvalue weighted by Gasteiger charge is 2.30. The monoisotopic (exact) mass is 248 g/mol. The van der Waals surface area contributed by atoms with Crippen LogP contribution in [-0.2, 0) is 17.3 Å². The number of alkyl halides is 3. The molecule has 0 amide bonds. The fourth-order valence-corrected chi connectivity index (χ4v) is 1.91. The van der Waals surface area contributed by atoms with Crippen LogP contribution in [0.3, 0.4) is 0 Å². The van der Waals surface area contributed by atoms with Crippen molar-refractivity contribution in [3.8, 4) is 0 Å². The molecule has 0 spiro atoms. The Morgan fingerprint density at radius 1 is 1.31 bits per heavy atom. The molecule has 1 atom stereocenters. The number of benzene rings is 1. The number of fused-ring (bicyclic) bond motifs is 1. The lowest BCUT2D eigenvalue weighted by Crippen LogP contribution is -2.04. The van der Waals surface area contributed by atoms with E-state index >= 15 is 0 Å². The average molecular weight is 248 g/mol. The first-order chi connectivity index (χ1) is 7.39. The molecule has 0 saturated carbocycles. The van der Waals surface area contributed by atoms with Crippen LogP contribution in [0.4, 0.5) is 13.2 Å². The maximum absolute atomic E-state index is 12.4. The molecular weight excluding hydrogens is 243 g/mol. The number of aromatic amines is 1. The summed E-state index contributed by atoms with van der Waals surface area (Å²) in [5.74, 6) is 0. The van der Waals surface area contributed by atoms with Gasteiger partial charge in [0.1, 0.15) is 0 Å². The van der Waals surface area contributed by atoms with Gasteiger partial charge >= 0.3 is 6.18 Å². The summed E-state index contributed by atoms with van der Waals surface area (Å²) >= 11 is -2.56. The summed E-state index contributed by atoms with van der Waals surface area (Å²) < 4.78 is 58.6. The molecule has 0 bridgehead atoms. The zero-order valence-corrected chi connectivity index (χ0v) is 8.48. The number of hydrogen-bond acceptors (Lipinski definition) is 2.